The number of benzene rings is 3. The molecule has 0 atom stereocenters. The molecule has 3 aromatic carbocycles. The molecule has 0 radical (unpaired) electrons. The van der Waals surface area contributed by atoms with Gasteiger partial charge in [0, 0.05) is 22.2 Å². The molecule has 4 rings (SSSR count). The van der Waals surface area contributed by atoms with E-state index < -0.39 is 4.92 Å². The monoisotopic (exact) mass is 479 g/mol. The number of hydrogen-bond acceptors (Lipinski definition) is 5. The van der Waals surface area contributed by atoms with Crippen molar-refractivity contribution in [3.8, 4) is 21.7 Å². The molecular formula is C22H14BrN3O3S. The van der Waals surface area contributed by atoms with Crippen molar-refractivity contribution in [3.63, 3.8) is 0 Å². The molecule has 0 unspecified atom stereocenters. The van der Waals surface area contributed by atoms with Gasteiger partial charge >= 0.3 is 0 Å². The number of amides is 1. The average Bonchev–Trinajstić information content (AvgIpc) is 3.18. The predicted octanol–water partition coefficient (Wildman–Crippen LogP) is 6.40. The van der Waals surface area contributed by atoms with Crippen molar-refractivity contribution in [1.82, 2.24) is 4.98 Å². The lowest BCUT2D eigenvalue weighted by atomic mass is 10.1. The van der Waals surface area contributed by atoms with E-state index in [1.165, 1.54) is 23.5 Å². The third-order valence-electron chi connectivity index (χ3n) is 4.35. The van der Waals surface area contributed by atoms with Crippen LogP contribution in [0.1, 0.15) is 10.4 Å². The number of carbonyl (C=O) groups is 1. The molecule has 0 saturated heterocycles. The second-order valence-corrected chi connectivity index (χ2v) is 8.15. The van der Waals surface area contributed by atoms with Gasteiger partial charge in [-0.15, -0.1) is 0 Å². The minimum absolute atomic E-state index is 0.0204. The van der Waals surface area contributed by atoms with Gasteiger partial charge in [0.2, 0.25) is 0 Å². The third kappa shape index (κ3) is 4.14. The van der Waals surface area contributed by atoms with Gasteiger partial charge < -0.3 is 0 Å². The van der Waals surface area contributed by atoms with Gasteiger partial charge in [-0.3, -0.25) is 20.2 Å². The van der Waals surface area contributed by atoms with Gasteiger partial charge in [-0.2, -0.15) is 0 Å². The molecule has 1 aromatic heterocycles. The van der Waals surface area contributed by atoms with E-state index >= 15 is 0 Å². The molecule has 0 aliphatic rings. The van der Waals surface area contributed by atoms with Crippen LogP contribution in [0.25, 0.3) is 21.7 Å². The van der Waals surface area contributed by atoms with Gasteiger partial charge in [0.15, 0.2) is 5.13 Å². The Morgan fingerprint density at radius 2 is 1.60 bits per heavy atom. The maximum Gasteiger partial charge on any atom is 0.269 e. The van der Waals surface area contributed by atoms with Crippen molar-refractivity contribution in [2.45, 2.75) is 0 Å². The van der Waals surface area contributed by atoms with Crippen LogP contribution in [0.5, 0.6) is 0 Å². The summed E-state index contributed by atoms with van der Waals surface area (Å²) in [5.74, 6) is -0.272. The maximum atomic E-state index is 12.7. The average molecular weight is 480 g/mol. The van der Waals surface area contributed by atoms with E-state index in [-0.39, 0.29) is 11.6 Å². The summed E-state index contributed by atoms with van der Waals surface area (Å²) in [5.41, 5.74) is 2.91. The van der Waals surface area contributed by atoms with Gasteiger partial charge in [0.25, 0.3) is 11.6 Å². The highest BCUT2D eigenvalue weighted by Gasteiger charge is 2.18. The summed E-state index contributed by atoms with van der Waals surface area (Å²) >= 11 is 4.71. The van der Waals surface area contributed by atoms with E-state index in [9.17, 15) is 14.9 Å². The first kappa shape index (κ1) is 19.9. The highest BCUT2D eigenvalue weighted by molar-refractivity contribution is 9.10. The Kier molecular flexibility index (Phi) is 5.69. The quantitative estimate of drug-likeness (QED) is 0.265. The van der Waals surface area contributed by atoms with Gasteiger partial charge in [0.1, 0.15) is 0 Å². The van der Waals surface area contributed by atoms with Crippen molar-refractivity contribution in [2.24, 2.45) is 0 Å². The fourth-order valence-electron chi connectivity index (χ4n) is 2.91. The zero-order valence-electron chi connectivity index (χ0n) is 15.4. The summed E-state index contributed by atoms with van der Waals surface area (Å²) in [5, 5.41) is 14.3. The summed E-state index contributed by atoms with van der Waals surface area (Å²) in [7, 11) is 0. The lowest BCUT2D eigenvalue weighted by molar-refractivity contribution is -0.384. The number of thiazole rings is 1. The molecule has 0 aliphatic heterocycles. The first-order valence-corrected chi connectivity index (χ1v) is 10.5. The number of halogens is 1. The molecule has 0 spiro atoms. The number of rotatable bonds is 5. The Bertz CT molecular complexity index is 1220. The smallest absolute Gasteiger partial charge is 0.269 e. The van der Waals surface area contributed by atoms with E-state index in [4.69, 9.17) is 0 Å². The first-order chi connectivity index (χ1) is 14.5. The molecule has 1 N–H and O–H groups in total. The summed E-state index contributed by atoms with van der Waals surface area (Å²) in [4.78, 5) is 28.7. The lowest BCUT2D eigenvalue weighted by Gasteiger charge is -2.03. The van der Waals surface area contributed by atoms with E-state index in [2.05, 4.69) is 26.2 Å². The van der Waals surface area contributed by atoms with E-state index in [0.717, 1.165) is 16.0 Å². The number of anilines is 1. The number of hydrogen-bond donors (Lipinski definition) is 1. The number of non-ortho nitro benzene ring substituents is 1. The summed E-state index contributed by atoms with van der Waals surface area (Å²) in [6.45, 7) is 0. The van der Waals surface area contributed by atoms with Crippen LogP contribution in [-0.2, 0) is 0 Å². The molecule has 6 nitrogen and oxygen atoms in total. The zero-order chi connectivity index (χ0) is 21.1. The molecule has 8 heteroatoms. The standard InChI is InChI=1S/C22H14BrN3O3S/c23-18-9-5-4-8-17(18)21(27)25-22-24-19(14-6-2-1-3-7-14)20(30-22)15-10-12-16(13-11-15)26(28)29/h1-13H,(H,24,25,27). The third-order valence-corrected chi connectivity index (χ3v) is 6.07. The Hall–Kier alpha value is -3.36. The second-order valence-electron chi connectivity index (χ2n) is 6.30. The topological polar surface area (TPSA) is 85.1 Å². The summed E-state index contributed by atoms with van der Waals surface area (Å²) < 4.78 is 0.693. The van der Waals surface area contributed by atoms with Crippen LogP contribution < -0.4 is 5.32 Å². The van der Waals surface area contributed by atoms with Crippen LogP contribution in [0.15, 0.2) is 83.3 Å². The van der Waals surface area contributed by atoms with Crippen LogP contribution in [0.2, 0.25) is 0 Å². The van der Waals surface area contributed by atoms with E-state index in [0.29, 0.717) is 20.9 Å². The molecule has 4 aromatic rings. The minimum atomic E-state index is -0.433. The van der Waals surface area contributed by atoms with Crippen molar-refractivity contribution in [3.05, 3.63) is 99.0 Å². The van der Waals surface area contributed by atoms with Crippen molar-refractivity contribution in [2.75, 3.05) is 5.32 Å². The molecule has 0 fully saturated rings. The highest BCUT2D eigenvalue weighted by Crippen LogP contribution is 2.39. The Labute approximate surface area is 184 Å². The van der Waals surface area contributed by atoms with Crippen LogP contribution in [0.3, 0.4) is 0 Å². The zero-order valence-corrected chi connectivity index (χ0v) is 17.8. The highest BCUT2D eigenvalue weighted by atomic mass is 79.9. The number of nitro benzene ring substituents is 1. The fourth-order valence-corrected chi connectivity index (χ4v) is 4.36. The molecular weight excluding hydrogens is 466 g/mol. The Balaban J connectivity index is 1.74. The van der Waals surface area contributed by atoms with Crippen LogP contribution in [0.4, 0.5) is 10.8 Å². The second kappa shape index (κ2) is 8.56. The van der Waals surface area contributed by atoms with Gasteiger partial charge in [-0.25, -0.2) is 4.98 Å². The maximum absolute atomic E-state index is 12.7. The molecule has 1 amide bonds. The number of nitrogens with zero attached hydrogens (tertiary/aromatic N) is 2. The summed E-state index contributed by atoms with van der Waals surface area (Å²) in [6, 6.07) is 23.1. The van der Waals surface area contributed by atoms with Gasteiger partial charge in [-0.05, 0) is 45.8 Å². The van der Waals surface area contributed by atoms with E-state index in [1.807, 2.05) is 36.4 Å². The van der Waals surface area contributed by atoms with Crippen molar-refractivity contribution >= 4 is 44.0 Å². The minimum Gasteiger partial charge on any atom is -0.298 e. The fraction of sp³-hybridized carbons (Fsp3) is 0. The SMILES string of the molecule is O=C(Nc1nc(-c2ccccc2)c(-c2ccc([N+](=O)[O-])cc2)s1)c1ccccc1Br. The van der Waals surface area contributed by atoms with Crippen molar-refractivity contribution < 1.29 is 9.72 Å². The van der Waals surface area contributed by atoms with Crippen LogP contribution in [0, 0.1) is 10.1 Å². The number of aromatic nitrogens is 1. The molecule has 30 heavy (non-hydrogen) atoms. The number of nitro groups is 1. The van der Waals surface area contributed by atoms with Crippen LogP contribution >= 0.6 is 27.3 Å². The largest absolute Gasteiger partial charge is 0.298 e. The van der Waals surface area contributed by atoms with Gasteiger partial charge in [0.05, 0.1) is 21.1 Å². The predicted molar refractivity (Wildman–Crippen MR) is 122 cm³/mol. The van der Waals surface area contributed by atoms with E-state index in [1.54, 1.807) is 30.3 Å². The number of carbonyl (C=O) groups excluding carboxylic acids is 1. The lowest BCUT2D eigenvalue weighted by Crippen LogP contribution is -2.12. The van der Waals surface area contributed by atoms with Crippen LogP contribution in [-0.4, -0.2) is 15.8 Å². The molecule has 1 heterocycles. The molecule has 0 aliphatic carbocycles. The molecule has 0 saturated carbocycles. The Morgan fingerprint density at radius 3 is 2.27 bits per heavy atom. The first-order valence-electron chi connectivity index (χ1n) is 8.90. The molecule has 0 bridgehead atoms. The normalized spacial score (nSPS) is 10.6. The Morgan fingerprint density at radius 1 is 0.933 bits per heavy atom. The van der Waals surface area contributed by atoms with Gasteiger partial charge in [-0.1, -0.05) is 53.8 Å². The number of nitrogens with one attached hydrogen (secondary N) is 1. The summed E-state index contributed by atoms with van der Waals surface area (Å²) in [6.07, 6.45) is 0. The van der Waals surface area contributed by atoms with Crippen molar-refractivity contribution in [1.29, 1.82) is 0 Å². The molecule has 148 valence electrons.